The van der Waals surface area contributed by atoms with Crippen LogP contribution in [0.1, 0.15) is 24.8 Å². The number of hydrogen-bond donors (Lipinski definition) is 0. The highest BCUT2D eigenvalue weighted by Gasteiger charge is 2.36. The van der Waals surface area contributed by atoms with E-state index in [2.05, 4.69) is 6.92 Å². The number of ketones is 1. The quantitative estimate of drug-likeness (QED) is 0.616. The van der Waals surface area contributed by atoms with Gasteiger partial charge in [0.05, 0.1) is 0 Å². The lowest BCUT2D eigenvalue weighted by molar-refractivity contribution is -0.128. The Morgan fingerprint density at radius 2 is 1.92 bits per heavy atom. The molecular formula is C11H12O. The van der Waals surface area contributed by atoms with Crippen molar-refractivity contribution >= 4 is 5.78 Å². The lowest BCUT2D eigenvalue weighted by Gasteiger charge is -2.32. The van der Waals surface area contributed by atoms with Crippen molar-refractivity contribution in [1.82, 2.24) is 0 Å². The van der Waals surface area contributed by atoms with Crippen molar-refractivity contribution in [2.24, 2.45) is 5.92 Å². The molecule has 2 atom stereocenters. The number of carbonyl (C=O) groups excluding carboxylic acids is 1. The van der Waals surface area contributed by atoms with Crippen LogP contribution in [0.3, 0.4) is 0 Å². The Hall–Kier alpha value is -1.11. The molecule has 0 bridgehead atoms. The van der Waals surface area contributed by atoms with Gasteiger partial charge in [-0.25, -0.2) is 0 Å². The van der Waals surface area contributed by atoms with Crippen molar-refractivity contribution in [1.29, 1.82) is 0 Å². The van der Waals surface area contributed by atoms with E-state index >= 15 is 0 Å². The molecule has 0 spiro atoms. The van der Waals surface area contributed by atoms with Crippen LogP contribution in [0.2, 0.25) is 0 Å². The average Bonchev–Trinajstić information content (AvgIpc) is 2.05. The predicted octanol–water partition coefficient (Wildman–Crippen LogP) is 2.38. The molecule has 0 amide bonds. The van der Waals surface area contributed by atoms with Gasteiger partial charge in [-0.05, 0) is 11.5 Å². The minimum atomic E-state index is 0.186. The molecule has 0 heterocycles. The van der Waals surface area contributed by atoms with Crippen molar-refractivity contribution in [3.05, 3.63) is 35.9 Å². The first-order valence-electron chi connectivity index (χ1n) is 4.36. The molecule has 0 aromatic heterocycles. The number of Topliss-reactive ketones (excluding diaryl/α,β-unsaturated/α-hetero) is 1. The van der Waals surface area contributed by atoms with Crippen LogP contribution in [0.25, 0.3) is 0 Å². The summed E-state index contributed by atoms with van der Waals surface area (Å²) in [6.45, 7) is 2.14. The number of rotatable bonds is 1. The van der Waals surface area contributed by atoms with E-state index in [-0.39, 0.29) is 5.92 Å². The lowest BCUT2D eigenvalue weighted by atomic mass is 9.70. The first kappa shape index (κ1) is 7.53. The number of carbonyl (C=O) groups is 1. The van der Waals surface area contributed by atoms with Gasteiger partial charge >= 0.3 is 0 Å². The van der Waals surface area contributed by atoms with Crippen molar-refractivity contribution in [3.63, 3.8) is 0 Å². The Bertz CT molecular complexity index is 289. The molecule has 1 fully saturated rings. The highest BCUT2D eigenvalue weighted by molar-refractivity contribution is 5.92. The van der Waals surface area contributed by atoms with E-state index in [0.717, 1.165) is 6.42 Å². The van der Waals surface area contributed by atoms with Gasteiger partial charge in [-0.2, -0.15) is 0 Å². The highest BCUT2D eigenvalue weighted by Crippen LogP contribution is 2.38. The molecule has 0 N–H and O–H groups in total. The SMILES string of the molecule is C[C@H]1CC(=O)[C@@H]1c1ccccc1. The van der Waals surface area contributed by atoms with Gasteiger partial charge in [-0.15, -0.1) is 0 Å². The molecule has 1 aliphatic rings. The Morgan fingerprint density at radius 3 is 2.42 bits per heavy atom. The van der Waals surface area contributed by atoms with Crippen LogP contribution < -0.4 is 0 Å². The van der Waals surface area contributed by atoms with Gasteiger partial charge in [0.2, 0.25) is 0 Å². The molecule has 2 rings (SSSR count). The van der Waals surface area contributed by atoms with E-state index in [1.807, 2.05) is 30.3 Å². The molecule has 1 heteroatoms. The monoisotopic (exact) mass is 160 g/mol. The second-order valence-electron chi connectivity index (χ2n) is 3.54. The zero-order valence-electron chi connectivity index (χ0n) is 7.16. The summed E-state index contributed by atoms with van der Waals surface area (Å²) in [7, 11) is 0. The molecule has 0 aliphatic heterocycles. The zero-order valence-corrected chi connectivity index (χ0v) is 7.16. The normalized spacial score (nSPS) is 28.2. The third kappa shape index (κ3) is 1.06. The van der Waals surface area contributed by atoms with E-state index in [4.69, 9.17) is 0 Å². The smallest absolute Gasteiger partial charge is 0.140 e. The fourth-order valence-corrected chi connectivity index (χ4v) is 1.89. The van der Waals surface area contributed by atoms with E-state index in [1.165, 1.54) is 5.56 Å². The molecule has 0 saturated heterocycles. The summed E-state index contributed by atoms with van der Waals surface area (Å²) in [6.07, 6.45) is 0.763. The molecule has 62 valence electrons. The first-order valence-corrected chi connectivity index (χ1v) is 4.36. The molecule has 1 aliphatic carbocycles. The van der Waals surface area contributed by atoms with Gasteiger partial charge in [0.25, 0.3) is 0 Å². The molecular weight excluding hydrogens is 148 g/mol. The Labute approximate surface area is 72.4 Å². The maximum atomic E-state index is 11.2. The van der Waals surface area contributed by atoms with E-state index in [9.17, 15) is 4.79 Å². The predicted molar refractivity (Wildman–Crippen MR) is 48.0 cm³/mol. The second kappa shape index (κ2) is 2.74. The fourth-order valence-electron chi connectivity index (χ4n) is 1.89. The summed E-state index contributed by atoms with van der Waals surface area (Å²) in [5.41, 5.74) is 1.18. The molecule has 1 aromatic rings. The van der Waals surface area contributed by atoms with Crippen LogP contribution >= 0.6 is 0 Å². The van der Waals surface area contributed by atoms with Crippen LogP contribution in [0.4, 0.5) is 0 Å². The van der Waals surface area contributed by atoms with E-state index in [1.54, 1.807) is 0 Å². The van der Waals surface area contributed by atoms with Gasteiger partial charge in [-0.3, -0.25) is 4.79 Å². The molecule has 12 heavy (non-hydrogen) atoms. The first-order chi connectivity index (χ1) is 5.79. The summed E-state index contributed by atoms with van der Waals surface area (Å²) in [5, 5.41) is 0. The number of benzene rings is 1. The summed E-state index contributed by atoms with van der Waals surface area (Å²) in [6, 6.07) is 10.1. The van der Waals surface area contributed by atoms with Gasteiger partial charge in [0.1, 0.15) is 5.78 Å². The minimum absolute atomic E-state index is 0.186. The van der Waals surface area contributed by atoms with Gasteiger partial charge in [-0.1, -0.05) is 37.3 Å². The summed E-state index contributed by atoms with van der Waals surface area (Å²) in [5.74, 6) is 1.12. The molecule has 1 saturated carbocycles. The summed E-state index contributed by atoms with van der Waals surface area (Å²) < 4.78 is 0. The fraction of sp³-hybridized carbons (Fsp3) is 0.364. The third-order valence-corrected chi connectivity index (χ3v) is 2.60. The summed E-state index contributed by atoms with van der Waals surface area (Å²) >= 11 is 0. The lowest BCUT2D eigenvalue weighted by Crippen LogP contribution is -2.32. The Morgan fingerprint density at radius 1 is 1.25 bits per heavy atom. The average molecular weight is 160 g/mol. The van der Waals surface area contributed by atoms with Crippen LogP contribution in [0.5, 0.6) is 0 Å². The largest absolute Gasteiger partial charge is 0.299 e. The third-order valence-electron chi connectivity index (χ3n) is 2.60. The van der Waals surface area contributed by atoms with Gasteiger partial charge in [0.15, 0.2) is 0 Å². The van der Waals surface area contributed by atoms with Crippen LogP contribution in [0.15, 0.2) is 30.3 Å². The van der Waals surface area contributed by atoms with Crippen molar-refractivity contribution in [2.45, 2.75) is 19.3 Å². The second-order valence-corrected chi connectivity index (χ2v) is 3.54. The maximum Gasteiger partial charge on any atom is 0.140 e. The molecule has 0 unspecified atom stereocenters. The topological polar surface area (TPSA) is 17.1 Å². The van der Waals surface area contributed by atoms with Crippen molar-refractivity contribution < 1.29 is 4.79 Å². The molecule has 1 nitrogen and oxygen atoms in total. The minimum Gasteiger partial charge on any atom is -0.299 e. The molecule has 0 radical (unpaired) electrons. The zero-order chi connectivity index (χ0) is 8.55. The van der Waals surface area contributed by atoms with Gasteiger partial charge in [0, 0.05) is 12.3 Å². The van der Waals surface area contributed by atoms with Crippen molar-refractivity contribution in [3.8, 4) is 0 Å². The molecule has 1 aromatic carbocycles. The Balaban J connectivity index is 2.26. The highest BCUT2D eigenvalue weighted by atomic mass is 16.1. The van der Waals surface area contributed by atoms with Gasteiger partial charge < -0.3 is 0 Å². The standard InChI is InChI=1S/C11H12O/c1-8-7-10(12)11(8)9-5-3-2-4-6-9/h2-6,8,11H,7H2,1H3/t8-,11-/m0/s1. The maximum absolute atomic E-state index is 11.2. The van der Waals surface area contributed by atoms with Crippen molar-refractivity contribution in [2.75, 3.05) is 0 Å². The van der Waals surface area contributed by atoms with E-state index in [0.29, 0.717) is 11.7 Å². The van der Waals surface area contributed by atoms with E-state index < -0.39 is 0 Å². The Kier molecular flexibility index (Phi) is 1.72. The van der Waals surface area contributed by atoms with Crippen LogP contribution in [0, 0.1) is 5.92 Å². The number of hydrogen-bond acceptors (Lipinski definition) is 1. The van der Waals surface area contributed by atoms with Crippen LogP contribution in [-0.4, -0.2) is 5.78 Å². The summed E-state index contributed by atoms with van der Waals surface area (Å²) in [4.78, 5) is 11.2. The van der Waals surface area contributed by atoms with Crippen LogP contribution in [-0.2, 0) is 4.79 Å².